The molecule has 6 heteroatoms. The van der Waals surface area contributed by atoms with Crippen molar-refractivity contribution in [3.05, 3.63) is 72.7 Å². The van der Waals surface area contributed by atoms with Crippen molar-refractivity contribution in [2.45, 2.75) is 13.0 Å². The van der Waals surface area contributed by atoms with Gasteiger partial charge in [0.2, 0.25) is 0 Å². The monoisotopic (exact) mass is 345 g/mol. The highest BCUT2D eigenvalue weighted by Crippen LogP contribution is 2.25. The first-order valence-electron chi connectivity index (χ1n) is 8.41. The van der Waals surface area contributed by atoms with E-state index in [0.29, 0.717) is 0 Å². The maximum Gasteiger partial charge on any atom is 0.168 e. The molecule has 0 aliphatic rings. The Morgan fingerprint density at radius 2 is 1.77 bits per heavy atom. The van der Waals surface area contributed by atoms with Crippen molar-refractivity contribution in [2.75, 3.05) is 12.4 Å². The predicted octanol–water partition coefficient (Wildman–Crippen LogP) is 4.00. The molecule has 0 spiro atoms. The van der Waals surface area contributed by atoms with Crippen LogP contribution in [0.4, 0.5) is 5.82 Å². The molecule has 4 rings (SSSR count). The van der Waals surface area contributed by atoms with Crippen LogP contribution in [0.25, 0.3) is 16.7 Å². The molecule has 0 fully saturated rings. The Morgan fingerprint density at radius 1 is 1.00 bits per heavy atom. The molecule has 4 aromatic rings. The number of aromatic nitrogens is 4. The van der Waals surface area contributed by atoms with E-state index in [-0.39, 0.29) is 6.04 Å². The quantitative estimate of drug-likeness (QED) is 0.592. The van der Waals surface area contributed by atoms with Gasteiger partial charge in [0.05, 0.1) is 24.4 Å². The molecule has 0 saturated heterocycles. The summed E-state index contributed by atoms with van der Waals surface area (Å²) in [4.78, 5) is 8.83. The molecule has 0 aliphatic carbocycles. The van der Waals surface area contributed by atoms with Crippen molar-refractivity contribution in [3.63, 3.8) is 0 Å². The first kappa shape index (κ1) is 16.1. The van der Waals surface area contributed by atoms with Gasteiger partial charge in [0.25, 0.3) is 0 Å². The maximum absolute atomic E-state index is 5.21. The van der Waals surface area contributed by atoms with Gasteiger partial charge in [0, 0.05) is 6.04 Å². The first-order chi connectivity index (χ1) is 12.8. The molecule has 0 radical (unpaired) electrons. The number of rotatable bonds is 5. The number of ether oxygens (including phenoxy) is 1. The van der Waals surface area contributed by atoms with Gasteiger partial charge in [-0.1, -0.05) is 30.3 Å². The second kappa shape index (κ2) is 6.84. The number of methoxy groups -OCH3 is 1. The lowest BCUT2D eigenvalue weighted by Crippen LogP contribution is -2.08. The van der Waals surface area contributed by atoms with E-state index in [1.54, 1.807) is 24.3 Å². The van der Waals surface area contributed by atoms with Crippen molar-refractivity contribution in [1.29, 1.82) is 0 Å². The Bertz CT molecular complexity index is 1010. The number of nitrogens with zero attached hydrogens (tertiary/aromatic N) is 4. The Hall–Kier alpha value is -3.41. The topological polar surface area (TPSA) is 64.9 Å². The van der Waals surface area contributed by atoms with Crippen LogP contribution in [0.15, 0.2) is 67.1 Å². The second-order valence-electron chi connectivity index (χ2n) is 5.99. The van der Waals surface area contributed by atoms with Gasteiger partial charge < -0.3 is 10.1 Å². The van der Waals surface area contributed by atoms with Crippen LogP contribution in [0, 0.1) is 0 Å². The molecule has 2 heterocycles. The average Bonchev–Trinajstić information content (AvgIpc) is 3.14. The van der Waals surface area contributed by atoms with Crippen LogP contribution >= 0.6 is 0 Å². The zero-order chi connectivity index (χ0) is 17.9. The van der Waals surface area contributed by atoms with E-state index in [2.05, 4.69) is 39.4 Å². The third-order valence-corrected chi connectivity index (χ3v) is 4.34. The summed E-state index contributed by atoms with van der Waals surface area (Å²) < 4.78 is 7.01. The van der Waals surface area contributed by atoms with Crippen LogP contribution in [-0.4, -0.2) is 26.9 Å². The summed E-state index contributed by atoms with van der Waals surface area (Å²) in [5.74, 6) is 1.57. The fourth-order valence-electron chi connectivity index (χ4n) is 2.90. The number of fused-ring (bicyclic) bond motifs is 1. The van der Waals surface area contributed by atoms with E-state index in [9.17, 15) is 0 Å². The normalized spacial score (nSPS) is 12.1. The van der Waals surface area contributed by atoms with Gasteiger partial charge >= 0.3 is 0 Å². The van der Waals surface area contributed by atoms with E-state index in [1.807, 2.05) is 42.5 Å². The fraction of sp³-hybridized carbons (Fsp3) is 0.150. The zero-order valence-electron chi connectivity index (χ0n) is 14.6. The number of hydrogen-bond donors (Lipinski definition) is 1. The summed E-state index contributed by atoms with van der Waals surface area (Å²) in [6.07, 6.45) is 3.35. The standard InChI is InChI=1S/C20H19N5O/c1-14(15-6-4-3-5-7-15)24-19-18-12-23-25(20(18)22-13-21-19)16-8-10-17(26-2)11-9-16/h3-14H,1-2H3,(H,21,22,24). The van der Waals surface area contributed by atoms with Crippen molar-refractivity contribution >= 4 is 16.9 Å². The first-order valence-corrected chi connectivity index (χ1v) is 8.41. The maximum atomic E-state index is 5.21. The van der Waals surface area contributed by atoms with Crippen LogP contribution in [0.3, 0.4) is 0 Å². The fourth-order valence-corrected chi connectivity index (χ4v) is 2.90. The van der Waals surface area contributed by atoms with Gasteiger partial charge in [-0.2, -0.15) is 5.10 Å². The molecule has 1 unspecified atom stereocenters. The minimum Gasteiger partial charge on any atom is -0.497 e. The number of nitrogens with one attached hydrogen (secondary N) is 1. The number of benzene rings is 2. The zero-order valence-corrected chi connectivity index (χ0v) is 14.6. The molecule has 130 valence electrons. The van der Waals surface area contributed by atoms with Crippen LogP contribution in [0.1, 0.15) is 18.5 Å². The van der Waals surface area contributed by atoms with Crippen LogP contribution in [0.2, 0.25) is 0 Å². The summed E-state index contributed by atoms with van der Waals surface area (Å²) in [6, 6.07) is 18.1. The molecule has 1 atom stereocenters. The van der Waals surface area contributed by atoms with Gasteiger partial charge in [-0.15, -0.1) is 0 Å². The van der Waals surface area contributed by atoms with E-state index in [0.717, 1.165) is 28.3 Å². The molecule has 1 N–H and O–H groups in total. The molecule has 0 amide bonds. The number of hydrogen-bond acceptors (Lipinski definition) is 5. The van der Waals surface area contributed by atoms with Gasteiger partial charge in [0.1, 0.15) is 17.9 Å². The molecular formula is C20H19N5O. The highest BCUT2D eigenvalue weighted by atomic mass is 16.5. The van der Waals surface area contributed by atoms with Gasteiger partial charge in [-0.3, -0.25) is 0 Å². The van der Waals surface area contributed by atoms with E-state index < -0.39 is 0 Å². The third-order valence-electron chi connectivity index (χ3n) is 4.34. The lowest BCUT2D eigenvalue weighted by Gasteiger charge is -2.15. The molecule has 6 nitrogen and oxygen atoms in total. The lowest BCUT2D eigenvalue weighted by molar-refractivity contribution is 0.414. The molecule has 0 bridgehead atoms. The van der Waals surface area contributed by atoms with Crippen molar-refractivity contribution in [3.8, 4) is 11.4 Å². The second-order valence-corrected chi connectivity index (χ2v) is 5.99. The lowest BCUT2D eigenvalue weighted by atomic mass is 10.1. The summed E-state index contributed by atoms with van der Waals surface area (Å²) in [5, 5.41) is 8.84. The van der Waals surface area contributed by atoms with E-state index >= 15 is 0 Å². The number of anilines is 1. The van der Waals surface area contributed by atoms with Crippen LogP contribution in [0.5, 0.6) is 5.75 Å². The highest BCUT2D eigenvalue weighted by Gasteiger charge is 2.13. The van der Waals surface area contributed by atoms with Crippen LogP contribution in [-0.2, 0) is 0 Å². The minimum atomic E-state index is 0.124. The highest BCUT2D eigenvalue weighted by molar-refractivity contribution is 5.87. The smallest absolute Gasteiger partial charge is 0.168 e. The summed E-state index contributed by atoms with van der Waals surface area (Å²) in [5.41, 5.74) is 2.87. The average molecular weight is 345 g/mol. The Balaban J connectivity index is 1.68. The Morgan fingerprint density at radius 3 is 2.50 bits per heavy atom. The molecule has 2 aromatic heterocycles. The molecule has 0 aliphatic heterocycles. The van der Waals surface area contributed by atoms with E-state index in [1.165, 1.54) is 5.56 Å². The Labute approximate surface area is 151 Å². The summed E-state index contributed by atoms with van der Waals surface area (Å²) in [6.45, 7) is 2.11. The van der Waals surface area contributed by atoms with Gasteiger partial charge in [-0.25, -0.2) is 14.6 Å². The summed E-state index contributed by atoms with van der Waals surface area (Å²) in [7, 11) is 1.65. The Kier molecular flexibility index (Phi) is 4.23. The summed E-state index contributed by atoms with van der Waals surface area (Å²) >= 11 is 0. The van der Waals surface area contributed by atoms with Crippen LogP contribution < -0.4 is 10.1 Å². The van der Waals surface area contributed by atoms with Crippen molar-refractivity contribution < 1.29 is 4.74 Å². The largest absolute Gasteiger partial charge is 0.497 e. The minimum absolute atomic E-state index is 0.124. The molecule has 0 saturated carbocycles. The van der Waals surface area contributed by atoms with Crippen molar-refractivity contribution in [2.24, 2.45) is 0 Å². The third kappa shape index (κ3) is 2.97. The van der Waals surface area contributed by atoms with Gasteiger partial charge in [-0.05, 0) is 36.8 Å². The molecule has 26 heavy (non-hydrogen) atoms. The molecular weight excluding hydrogens is 326 g/mol. The van der Waals surface area contributed by atoms with E-state index in [4.69, 9.17) is 4.74 Å². The van der Waals surface area contributed by atoms with Crippen molar-refractivity contribution in [1.82, 2.24) is 19.7 Å². The predicted molar refractivity (Wildman–Crippen MR) is 102 cm³/mol. The SMILES string of the molecule is COc1ccc(-n2ncc3c(NC(C)c4ccccc4)ncnc32)cc1. The molecule has 2 aromatic carbocycles. The van der Waals surface area contributed by atoms with Gasteiger partial charge in [0.15, 0.2) is 5.65 Å².